The van der Waals surface area contributed by atoms with Crippen LogP contribution in [0.2, 0.25) is 0 Å². The molecule has 1 aliphatic heterocycles. The van der Waals surface area contributed by atoms with Gasteiger partial charge in [0.25, 0.3) is 0 Å². The second-order valence-electron chi connectivity index (χ2n) is 8.56. The summed E-state index contributed by atoms with van der Waals surface area (Å²) < 4.78 is 12.5. The fourth-order valence-corrected chi connectivity index (χ4v) is 4.39. The Morgan fingerprint density at radius 1 is 1.12 bits per heavy atom. The molecular formula is C26H32N4O3. The Labute approximate surface area is 195 Å². The molecule has 1 aliphatic rings. The molecule has 33 heavy (non-hydrogen) atoms. The van der Waals surface area contributed by atoms with Crippen LogP contribution in [0.5, 0.6) is 11.5 Å². The normalized spacial score (nSPS) is 16.4. The number of nitrogens with zero attached hydrogens (tertiary/aromatic N) is 3. The third kappa shape index (κ3) is 6.35. The van der Waals surface area contributed by atoms with E-state index in [0.29, 0.717) is 29.5 Å². The van der Waals surface area contributed by atoms with Crippen molar-refractivity contribution in [3.05, 3.63) is 66.5 Å². The molecule has 0 aliphatic carbocycles. The zero-order valence-corrected chi connectivity index (χ0v) is 19.4. The van der Waals surface area contributed by atoms with Gasteiger partial charge in [-0.25, -0.2) is 4.68 Å². The predicted molar refractivity (Wildman–Crippen MR) is 129 cm³/mol. The number of benzene rings is 2. The molecular weight excluding hydrogens is 416 g/mol. The molecule has 0 spiro atoms. The zero-order chi connectivity index (χ0) is 23.0. The number of amides is 1. The van der Waals surface area contributed by atoms with Crippen molar-refractivity contribution in [3.63, 3.8) is 0 Å². The van der Waals surface area contributed by atoms with E-state index in [-0.39, 0.29) is 5.91 Å². The smallest absolute Gasteiger partial charge is 0.224 e. The number of hydrogen-bond donors (Lipinski definition) is 1. The van der Waals surface area contributed by atoms with E-state index >= 15 is 0 Å². The monoisotopic (exact) mass is 448 g/mol. The van der Waals surface area contributed by atoms with Crippen LogP contribution in [0.25, 0.3) is 5.69 Å². The van der Waals surface area contributed by atoms with Crippen molar-refractivity contribution in [3.8, 4) is 17.2 Å². The van der Waals surface area contributed by atoms with Gasteiger partial charge in [-0.1, -0.05) is 18.2 Å². The summed E-state index contributed by atoms with van der Waals surface area (Å²) in [5, 5.41) is 7.49. The van der Waals surface area contributed by atoms with Gasteiger partial charge in [0.1, 0.15) is 11.5 Å². The maximum Gasteiger partial charge on any atom is 0.224 e. The highest BCUT2D eigenvalue weighted by Crippen LogP contribution is 2.27. The fraction of sp³-hybridized carbons (Fsp3) is 0.385. The molecule has 1 amide bonds. The molecule has 0 saturated carbocycles. The van der Waals surface area contributed by atoms with Crippen LogP contribution in [0.1, 0.15) is 31.2 Å². The summed E-state index contributed by atoms with van der Waals surface area (Å²) in [6.45, 7) is 2.98. The van der Waals surface area contributed by atoms with Gasteiger partial charge in [-0.05, 0) is 43.9 Å². The van der Waals surface area contributed by atoms with Crippen molar-refractivity contribution >= 4 is 11.6 Å². The van der Waals surface area contributed by atoms with Gasteiger partial charge in [0.15, 0.2) is 0 Å². The summed E-state index contributed by atoms with van der Waals surface area (Å²) in [6.07, 6.45) is 7.77. The van der Waals surface area contributed by atoms with Crippen LogP contribution in [0.3, 0.4) is 0 Å². The highest BCUT2D eigenvalue weighted by atomic mass is 16.5. The van der Waals surface area contributed by atoms with E-state index in [0.717, 1.165) is 38.2 Å². The molecule has 2 heterocycles. The van der Waals surface area contributed by atoms with Crippen LogP contribution in [-0.4, -0.2) is 47.9 Å². The number of nitrogens with one attached hydrogen (secondary N) is 1. The van der Waals surface area contributed by atoms with Gasteiger partial charge in [0.2, 0.25) is 5.91 Å². The van der Waals surface area contributed by atoms with Crippen molar-refractivity contribution in [2.45, 2.75) is 32.2 Å². The lowest BCUT2D eigenvalue weighted by Crippen LogP contribution is -2.35. The first-order valence-electron chi connectivity index (χ1n) is 11.5. The molecule has 0 unspecified atom stereocenters. The minimum atomic E-state index is 0.0200. The molecule has 4 rings (SSSR count). The largest absolute Gasteiger partial charge is 0.497 e. The third-order valence-electron chi connectivity index (χ3n) is 6.08. The first-order chi connectivity index (χ1) is 16.1. The first-order valence-corrected chi connectivity index (χ1v) is 11.5. The van der Waals surface area contributed by atoms with Crippen LogP contribution in [0.4, 0.5) is 5.69 Å². The van der Waals surface area contributed by atoms with Crippen LogP contribution < -0.4 is 14.8 Å². The average Bonchev–Trinajstić information content (AvgIpc) is 3.31. The second-order valence-corrected chi connectivity index (χ2v) is 8.56. The molecule has 2 aromatic carbocycles. The van der Waals surface area contributed by atoms with E-state index in [4.69, 9.17) is 9.47 Å². The van der Waals surface area contributed by atoms with Gasteiger partial charge < -0.3 is 14.8 Å². The summed E-state index contributed by atoms with van der Waals surface area (Å²) in [5.74, 6) is 1.85. The Hall–Kier alpha value is -3.32. The molecule has 0 radical (unpaired) electrons. The lowest BCUT2D eigenvalue weighted by atomic mass is 9.93. The van der Waals surface area contributed by atoms with Gasteiger partial charge in [-0.3, -0.25) is 9.69 Å². The summed E-state index contributed by atoms with van der Waals surface area (Å²) in [7, 11) is 3.20. The van der Waals surface area contributed by atoms with Gasteiger partial charge in [-0.15, -0.1) is 0 Å². The summed E-state index contributed by atoms with van der Waals surface area (Å²) >= 11 is 0. The highest BCUT2D eigenvalue weighted by molar-refractivity contribution is 5.91. The maximum absolute atomic E-state index is 12.5. The summed E-state index contributed by atoms with van der Waals surface area (Å²) in [4.78, 5) is 15.0. The van der Waals surface area contributed by atoms with E-state index in [9.17, 15) is 4.79 Å². The SMILES string of the molecule is COc1cc(NC(=O)CC[C@H]2CCCN(Cc3cnn(-c4ccccc4)c3)C2)cc(OC)c1. The standard InChI is InChI=1S/C26H32N4O3/c1-32-24-13-22(14-25(15-24)33-2)28-26(31)11-10-20-7-6-12-29(17-20)18-21-16-27-30(19-21)23-8-4-3-5-9-23/h3-5,8-9,13-16,19-20H,6-7,10-12,17-18H2,1-2H3,(H,28,31)/t20-/m1/s1. The van der Waals surface area contributed by atoms with E-state index in [1.54, 1.807) is 32.4 Å². The van der Waals surface area contributed by atoms with Crippen LogP contribution in [-0.2, 0) is 11.3 Å². The van der Waals surface area contributed by atoms with Gasteiger partial charge in [0.05, 0.1) is 26.1 Å². The topological polar surface area (TPSA) is 68.6 Å². The van der Waals surface area contributed by atoms with Gasteiger partial charge in [-0.2, -0.15) is 5.10 Å². The Balaban J connectivity index is 1.26. The van der Waals surface area contributed by atoms with Gasteiger partial charge >= 0.3 is 0 Å². The van der Waals surface area contributed by atoms with Crippen LogP contribution in [0.15, 0.2) is 60.9 Å². The molecule has 1 atom stereocenters. The number of carbonyl (C=O) groups excluding carboxylic acids is 1. The van der Waals surface area contributed by atoms with Crippen molar-refractivity contribution in [1.82, 2.24) is 14.7 Å². The Morgan fingerprint density at radius 2 is 1.88 bits per heavy atom. The number of likely N-dealkylation sites (tertiary alicyclic amines) is 1. The molecule has 7 heteroatoms. The van der Waals surface area contributed by atoms with Crippen molar-refractivity contribution in [1.29, 1.82) is 0 Å². The Morgan fingerprint density at radius 3 is 2.61 bits per heavy atom. The van der Waals surface area contributed by atoms with Crippen molar-refractivity contribution < 1.29 is 14.3 Å². The minimum Gasteiger partial charge on any atom is -0.497 e. The molecule has 0 bridgehead atoms. The number of rotatable bonds is 9. The lowest BCUT2D eigenvalue weighted by molar-refractivity contribution is -0.116. The number of anilines is 1. The van der Waals surface area contributed by atoms with E-state index in [1.807, 2.05) is 29.1 Å². The number of hydrogen-bond acceptors (Lipinski definition) is 5. The molecule has 174 valence electrons. The number of carbonyl (C=O) groups is 1. The molecule has 1 aromatic heterocycles. The van der Waals surface area contributed by atoms with Crippen LogP contribution in [0, 0.1) is 5.92 Å². The van der Waals surface area contributed by atoms with Gasteiger partial charge in [0, 0.05) is 55.2 Å². The molecule has 1 fully saturated rings. The van der Waals surface area contributed by atoms with Crippen molar-refractivity contribution in [2.24, 2.45) is 5.92 Å². The quantitative estimate of drug-likeness (QED) is 0.521. The fourth-order valence-electron chi connectivity index (χ4n) is 4.39. The molecule has 1 saturated heterocycles. The number of methoxy groups -OCH3 is 2. The number of piperidine rings is 1. The highest BCUT2D eigenvalue weighted by Gasteiger charge is 2.21. The average molecular weight is 449 g/mol. The van der Waals surface area contributed by atoms with E-state index in [1.165, 1.54) is 12.0 Å². The molecule has 3 aromatic rings. The summed E-state index contributed by atoms with van der Waals surface area (Å²) in [6, 6.07) is 15.6. The third-order valence-corrected chi connectivity index (χ3v) is 6.08. The first kappa shape index (κ1) is 22.9. The molecule has 7 nitrogen and oxygen atoms in total. The second kappa shape index (κ2) is 11.0. The summed E-state index contributed by atoms with van der Waals surface area (Å²) in [5.41, 5.74) is 2.97. The number of para-hydroxylation sites is 1. The van der Waals surface area contributed by atoms with Crippen LogP contribution >= 0.6 is 0 Å². The van der Waals surface area contributed by atoms with Crippen molar-refractivity contribution in [2.75, 3.05) is 32.6 Å². The predicted octanol–water partition coefficient (Wildman–Crippen LogP) is 4.52. The Bertz CT molecular complexity index is 1030. The Kier molecular flexibility index (Phi) is 7.62. The number of aromatic nitrogens is 2. The lowest BCUT2D eigenvalue weighted by Gasteiger charge is -2.32. The maximum atomic E-state index is 12.5. The van der Waals surface area contributed by atoms with E-state index < -0.39 is 0 Å². The minimum absolute atomic E-state index is 0.0200. The molecule has 1 N–H and O–H groups in total. The van der Waals surface area contributed by atoms with E-state index in [2.05, 4.69) is 33.6 Å². The number of ether oxygens (including phenoxy) is 2. The zero-order valence-electron chi connectivity index (χ0n) is 19.4.